The lowest BCUT2D eigenvalue weighted by atomic mass is 9.89. The van der Waals surface area contributed by atoms with Crippen molar-refractivity contribution < 1.29 is 9.90 Å². The number of phenols is 1. The zero-order valence-electron chi connectivity index (χ0n) is 15.6. The number of nitrogens with zero attached hydrogens (tertiary/aromatic N) is 2. The second-order valence-electron chi connectivity index (χ2n) is 8.40. The third-order valence-corrected chi connectivity index (χ3v) is 6.32. The standard InChI is InChI=1S/C21H31N3O2/c25-19-6-4-5-18(15-19)17-7-13-24(14-8-17)20(26)22-21(9-10-21)16-23-11-2-1-3-12-23/h4-6,15,17,25H,1-3,7-14,16H2,(H,22,26). The van der Waals surface area contributed by atoms with Gasteiger partial charge in [-0.2, -0.15) is 0 Å². The molecule has 142 valence electrons. The van der Waals surface area contributed by atoms with Crippen LogP contribution in [-0.2, 0) is 0 Å². The second-order valence-corrected chi connectivity index (χ2v) is 8.40. The van der Waals surface area contributed by atoms with E-state index in [4.69, 9.17) is 0 Å². The molecular formula is C21H31N3O2. The summed E-state index contributed by atoms with van der Waals surface area (Å²) in [5.41, 5.74) is 1.23. The average molecular weight is 357 g/mol. The summed E-state index contributed by atoms with van der Waals surface area (Å²) in [6, 6.07) is 7.68. The van der Waals surface area contributed by atoms with Crippen LogP contribution in [0.15, 0.2) is 24.3 Å². The summed E-state index contributed by atoms with van der Waals surface area (Å²) in [6.45, 7) is 5.00. The number of amides is 2. The molecular weight excluding hydrogens is 326 g/mol. The van der Waals surface area contributed by atoms with Gasteiger partial charge in [0.1, 0.15) is 5.75 Å². The molecule has 0 aromatic heterocycles. The van der Waals surface area contributed by atoms with Crippen LogP contribution in [0.1, 0.15) is 56.4 Å². The summed E-state index contributed by atoms with van der Waals surface area (Å²) >= 11 is 0. The number of carbonyl (C=O) groups excluding carboxylic acids is 1. The number of urea groups is 1. The molecule has 5 heteroatoms. The molecule has 0 radical (unpaired) electrons. The minimum Gasteiger partial charge on any atom is -0.508 e. The van der Waals surface area contributed by atoms with Crippen LogP contribution >= 0.6 is 0 Å². The highest BCUT2D eigenvalue weighted by molar-refractivity contribution is 5.75. The number of carbonyl (C=O) groups is 1. The van der Waals surface area contributed by atoms with Gasteiger partial charge in [-0.05, 0) is 75.2 Å². The molecule has 2 N–H and O–H groups in total. The Kier molecular flexibility index (Phi) is 5.07. The molecule has 1 aromatic rings. The number of hydrogen-bond donors (Lipinski definition) is 2. The number of phenolic OH excluding ortho intramolecular Hbond substituents is 1. The van der Waals surface area contributed by atoms with Crippen LogP contribution in [0.5, 0.6) is 5.75 Å². The lowest BCUT2D eigenvalue weighted by Crippen LogP contribution is -2.52. The van der Waals surface area contributed by atoms with E-state index in [2.05, 4.69) is 16.3 Å². The fourth-order valence-electron chi connectivity index (χ4n) is 4.52. The average Bonchev–Trinajstić information content (AvgIpc) is 3.41. The van der Waals surface area contributed by atoms with Gasteiger partial charge in [-0.3, -0.25) is 0 Å². The zero-order valence-corrected chi connectivity index (χ0v) is 15.6. The van der Waals surface area contributed by atoms with Gasteiger partial charge >= 0.3 is 6.03 Å². The van der Waals surface area contributed by atoms with Gasteiger partial charge in [0.25, 0.3) is 0 Å². The normalized spacial score (nSPS) is 23.6. The van der Waals surface area contributed by atoms with Crippen molar-refractivity contribution in [3.8, 4) is 5.75 Å². The van der Waals surface area contributed by atoms with Gasteiger partial charge < -0.3 is 20.2 Å². The summed E-state index contributed by atoms with van der Waals surface area (Å²) in [6.07, 6.45) is 8.12. The Morgan fingerprint density at radius 3 is 2.50 bits per heavy atom. The van der Waals surface area contributed by atoms with E-state index in [9.17, 15) is 9.90 Å². The molecule has 2 heterocycles. The van der Waals surface area contributed by atoms with Crippen LogP contribution in [-0.4, -0.2) is 59.2 Å². The Bertz CT molecular complexity index is 630. The van der Waals surface area contributed by atoms with Gasteiger partial charge in [0.2, 0.25) is 0 Å². The van der Waals surface area contributed by atoms with E-state index < -0.39 is 0 Å². The lowest BCUT2D eigenvalue weighted by molar-refractivity contribution is 0.162. The summed E-state index contributed by atoms with van der Waals surface area (Å²) in [5, 5.41) is 13.0. The van der Waals surface area contributed by atoms with Crippen LogP contribution in [0.4, 0.5) is 4.79 Å². The van der Waals surface area contributed by atoms with Crippen LogP contribution in [0, 0.1) is 0 Å². The number of nitrogens with one attached hydrogen (secondary N) is 1. The van der Waals surface area contributed by atoms with E-state index in [1.165, 1.54) is 37.9 Å². The molecule has 1 aromatic carbocycles. The van der Waals surface area contributed by atoms with Gasteiger partial charge in [0.05, 0.1) is 5.54 Å². The van der Waals surface area contributed by atoms with Crippen LogP contribution < -0.4 is 5.32 Å². The highest BCUT2D eigenvalue weighted by atomic mass is 16.3. The quantitative estimate of drug-likeness (QED) is 0.869. The van der Waals surface area contributed by atoms with Gasteiger partial charge in [-0.15, -0.1) is 0 Å². The second kappa shape index (κ2) is 7.47. The van der Waals surface area contributed by atoms with Crippen molar-refractivity contribution >= 4 is 6.03 Å². The molecule has 2 aliphatic heterocycles. The van der Waals surface area contributed by atoms with Crippen molar-refractivity contribution in [2.75, 3.05) is 32.7 Å². The summed E-state index contributed by atoms with van der Waals surface area (Å²) < 4.78 is 0. The molecule has 3 fully saturated rings. The van der Waals surface area contributed by atoms with Crippen molar-refractivity contribution in [2.45, 2.75) is 56.4 Å². The number of aromatic hydroxyl groups is 1. The number of benzene rings is 1. The fraction of sp³-hybridized carbons (Fsp3) is 0.667. The molecule has 0 unspecified atom stereocenters. The first kappa shape index (κ1) is 17.7. The number of likely N-dealkylation sites (tertiary alicyclic amines) is 2. The molecule has 1 saturated carbocycles. The van der Waals surface area contributed by atoms with Gasteiger partial charge in [-0.25, -0.2) is 4.79 Å². The molecule has 2 amide bonds. The first-order chi connectivity index (χ1) is 12.6. The van der Waals surface area contributed by atoms with E-state index in [1.807, 2.05) is 17.0 Å². The maximum Gasteiger partial charge on any atom is 0.317 e. The maximum absolute atomic E-state index is 12.7. The summed E-state index contributed by atoms with van der Waals surface area (Å²) in [7, 11) is 0. The van der Waals surface area contributed by atoms with Crippen molar-refractivity contribution in [1.82, 2.24) is 15.1 Å². The lowest BCUT2D eigenvalue weighted by Gasteiger charge is -2.35. The van der Waals surface area contributed by atoms with Gasteiger partial charge in [0, 0.05) is 19.6 Å². The molecule has 2 saturated heterocycles. The molecule has 4 rings (SSSR count). The Morgan fingerprint density at radius 2 is 1.85 bits per heavy atom. The SMILES string of the molecule is O=C(NC1(CN2CCCCC2)CC1)N1CCC(c2cccc(O)c2)CC1. The van der Waals surface area contributed by atoms with E-state index in [1.54, 1.807) is 6.07 Å². The third-order valence-electron chi connectivity index (χ3n) is 6.32. The Labute approximate surface area is 156 Å². The predicted molar refractivity (Wildman–Crippen MR) is 102 cm³/mol. The molecule has 0 bridgehead atoms. The Morgan fingerprint density at radius 1 is 1.12 bits per heavy atom. The van der Waals surface area contributed by atoms with Crippen molar-refractivity contribution in [2.24, 2.45) is 0 Å². The minimum absolute atomic E-state index is 0.0382. The molecule has 1 aliphatic carbocycles. The van der Waals surface area contributed by atoms with E-state index in [-0.39, 0.29) is 11.6 Å². The topological polar surface area (TPSA) is 55.8 Å². The molecule has 0 atom stereocenters. The van der Waals surface area contributed by atoms with Crippen molar-refractivity contribution in [3.05, 3.63) is 29.8 Å². The molecule has 5 nitrogen and oxygen atoms in total. The largest absolute Gasteiger partial charge is 0.508 e. The smallest absolute Gasteiger partial charge is 0.317 e. The van der Waals surface area contributed by atoms with Crippen LogP contribution in [0.3, 0.4) is 0 Å². The highest BCUT2D eigenvalue weighted by Gasteiger charge is 2.46. The summed E-state index contributed by atoms with van der Waals surface area (Å²) in [5.74, 6) is 0.769. The van der Waals surface area contributed by atoms with E-state index in [0.717, 1.165) is 45.3 Å². The van der Waals surface area contributed by atoms with Gasteiger partial charge in [-0.1, -0.05) is 18.6 Å². The summed E-state index contributed by atoms with van der Waals surface area (Å²) in [4.78, 5) is 17.3. The fourth-order valence-corrected chi connectivity index (χ4v) is 4.52. The third kappa shape index (κ3) is 4.14. The predicted octanol–water partition coefficient (Wildman–Crippen LogP) is 3.30. The van der Waals surface area contributed by atoms with Gasteiger partial charge in [0.15, 0.2) is 0 Å². The first-order valence-electron chi connectivity index (χ1n) is 10.2. The highest BCUT2D eigenvalue weighted by Crippen LogP contribution is 2.37. The molecule has 26 heavy (non-hydrogen) atoms. The van der Waals surface area contributed by atoms with Crippen molar-refractivity contribution in [3.63, 3.8) is 0 Å². The van der Waals surface area contributed by atoms with E-state index in [0.29, 0.717) is 11.7 Å². The zero-order chi connectivity index (χ0) is 18.0. The number of rotatable bonds is 4. The monoisotopic (exact) mass is 357 g/mol. The molecule has 0 spiro atoms. The first-order valence-corrected chi connectivity index (χ1v) is 10.2. The Balaban J connectivity index is 1.27. The van der Waals surface area contributed by atoms with Crippen molar-refractivity contribution in [1.29, 1.82) is 0 Å². The van der Waals surface area contributed by atoms with Crippen LogP contribution in [0.25, 0.3) is 0 Å². The van der Waals surface area contributed by atoms with E-state index >= 15 is 0 Å². The Hall–Kier alpha value is -1.75. The number of piperidine rings is 2. The molecule has 3 aliphatic rings. The van der Waals surface area contributed by atoms with Crippen LogP contribution in [0.2, 0.25) is 0 Å². The maximum atomic E-state index is 12.7. The minimum atomic E-state index is 0.0382. The number of hydrogen-bond acceptors (Lipinski definition) is 3.